The third kappa shape index (κ3) is 4.28. The Morgan fingerprint density at radius 1 is 1.11 bits per heavy atom. The Labute approximate surface area is 180 Å². The number of hydrogen-bond donors (Lipinski definition) is 1. The number of phenols is 1. The molecule has 5 aliphatic rings. The Kier molecular flexibility index (Phi) is 6.27. The van der Waals surface area contributed by atoms with E-state index in [4.69, 9.17) is 21.8 Å². The summed E-state index contributed by atoms with van der Waals surface area (Å²) in [5.41, 5.74) is 2.15. The van der Waals surface area contributed by atoms with Gasteiger partial charge in [-0.3, -0.25) is 4.99 Å². The molecule has 3 nitrogen and oxygen atoms in total. The van der Waals surface area contributed by atoms with Gasteiger partial charge in [0.2, 0.25) is 0 Å². The van der Waals surface area contributed by atoms with Crippen LogP contribution < -0.4 is 4.74 Å². The molecule has 0 atom stereocenters. The molecule has 0 unspecified atom stereocenters. The zero-order valence-electron chi connectivity index (χ0n) is 15.8. The van der Waals surface area contributed by atoms with E-state index in [9.17, 15) is 5.11 Å². The van der Waals surface area contributed by atoms with Crippen LogP contribution in [0.25, 0.3) is 0 Å². The molecule has 5 saturated carbocycles. The van der Waals surface area contributed by atoms with Gasteiger partial charge in [-0.05, 0) is 86.7 Å². The van der Waals surface area contributed by atoms with Crippen molar-refractivity contribution in [2.75, 3.05) is 7.11 Å². The van der Waals surface area contributed by atoms with Gasteiger partial charge in [-0.1, -0.05) is 0 Å². The molecular weight excluding hydrogens is 460 g/mol. The Bertz CT molecular complexity index is 685. The molecule has 0 amide bonds. The molecule has 0 saturated heterocycles. The zero-order valence-corrected chi connectivity index (χ0v) is 19.7. The summed E-state index contributed by atoms with van der Waals surface area (Å²) in [5.74, 6) is 3.92. The second-order valence-electron chi connectivity index (χ2n) is 8.89. The first-order chi connectivity index (χ1) is 13.1. The van der Waals surface area contributed by atoms with Gasteiger partial charge in [-0.25, -0.2) is 0 Å². The summed E-state index contributed by atoms with van der Waals surface area (Å²) in [6.07, 6.45) is 12.2. The van der Waals surface area contributed by atoms with E-state index in [1.54, 1.807) is 7.11 Å². The number of phenolic OH excluding ortho intramolecular Hbond substituents is 1. The molecule has 5 fully saturated rings. The summed E-state index contributed by atoms with van der Waals surface area (Å²) in [6.45, 7) is 0. The average molecular weight is 488 g/mol. The van der Waals surface area contributed by atoms with E-state index in [0.29, 0.717) is 11.8 Å². The Balaban J connectivity index is 0.000000565. The molecule has 6 heteroatoms. The van der Waals surface area contributed by atoms with Crippen LogP contribution in [0.1, 0.15) is 62.5 Å². The molecule has 0 aromatic heterocycles. The molecular formula is C21H27Cl2NO2Zr. The van der Waals surface area contributed by atoms with Crippen molar-refractivity contribution in [3.05, 3.63) is 23.3 Å². The van der Waals surface area contributed by atoms with Gasteiger partial charge < -0.3 is 9.84 Å². The average Bonchev–Trinajstić information content (AvgIpc) is 3.44. The summed E-state index contributed by atoms with van der Waals surface area (Å²) in [7, 11) is 11.6. The van der Waals surface area contributed by atoms with E-state index < -0.39 is 20.8 Å². The van der Waals surface area contributed by atoms with E-state index in [2.05, 4.69) is 11.1 Å². The van der Waals surface area contributed by atoms with Gasteiger partial charge in [-0.15, -0.1) is 0 Å². The molecule has 1 N–H and O–H groups in total. The van der Waals surface area contributed by atoms with E-state index in [-0.39, 0.29) is 5.41 Å². The fourth-order valence-electron chi connectivity index (χ4n) is 6.10. The van der Waals surface area contributed by atoms with Gasteiger partial charge >= 0.3 is 37.9 Å². The van der Waals surface area contributed by atoms with E-state index in [1.807, 2.05) is 12.3 Å². The molecule has 4 bridgehead atoms. The first-order valence-electron chi connectivity index (χ1n) is 9.98. The minimum atomic E-state index is -0.826. The van der Waals surface area contributed by atoms with Gasteiger partial charge in [0.1, 0.15) is 11.5 Å². The van der Waals surface area contributed by atoms with Crippen LogP contribution in [0.4, 0.5) is 0 Å². The van der Waals surface area contributed by atoms with Crippen molar-refractivity contribution in [3.8, 4) is 11.5 Å². The molecule has 0 aliphatic heterocycles. The Morgan fingerprint density at radius 2 is 1.67 bits per heavy atom. The number of methoxy groups -OCH3 is 1. The van der Waals surface area contributed by atoms with Gasteiger partial charge in [0, 0.05) is 17.3 Å². The van der Waals surface area contributed by atoms with Crippen molar-refractivity contribution < 1.29 is 30.7 Å². The molecule has 5 aliphatic carbocycles. The van der Waals surface area contributed by atoms with E-state index in [1.165, 1.54) is 51.4 Å². The molecule has 146 valence electrons. The fourth-order valence-corrected chi connectivity index (χ4v) is 6.10. The Hall–Kier alpha value is -0.0469. The number of benzene rings is 1. The van der Waals surface area contributed by atoms with Crippen molar-refractivity contribution in [3.63, 3.8) is 0 Å². The second-order valence-corrected chi connectivity index (χ2v) is 12.6. The number of aliphatic imine (C=N–C) groups is 1. The van der Waals surface area contributed by atoms with E-state index in [0.717, 1.165) is 34.6 Å². The number of nitrogens with zero attached hydrogens (tertiary/aromatic N) is 1. The number of hydrogen-bond acceptors (Lipinski definition) is 3. The predicted molar refractivity (Wildman–Crippen MR) is 107 cm³/mol. The molecule has 27 heavy (non-hydrogen) atoms. The first kappa shape index (κ1) is 20.2. The normalized spacial score (nSPS) is 33.7. The van der Waals surface area contributed by atoms with Crippen LogP contribution in [0, 0.1) is 17.8 Å². The summed E-state index contributed by atoms with van der Waals surface area (Å²) >= 11 is -0.826. The quantitative estimate of drug-likeness (QED) is 0.544. The number of aromatic hydroxyl groups is 1. The molecule has 1 aromatic rings. The second kappa shape index (κ2) is 8.36. The van der Waals surface area contributed by atoms with E-state index >= 15 is 0 Å². The van der Waals surface area contributed by atoms with Crippen LogP contribution in [-0.2, 0) is 26.3 Å². The summed E-state index contributed by atoms with van der Waals surface area (Å²) < 4.78 is 5.56. The summed E-state index contributed by atoms with van der Waals surface area (Å²) in [4.78, 5) is 4.59. The number of ether oxygens (including phenoxy) is 1. The van der Waals surface area contributed by atoms with Crippen LogP contribution >= 0.6 is 17.0 Å². The molecule has 0 radical (unpaired) electrons. The van der Waals surface area contributed by atoms with Crippen molar-refractivity contribution in [1.29, 1.82) is 0 Å². The Morgan fingerprint density at radius 3 is 2.15 bits per heavy atom. The van der Waals surface area contributed by atoms with Crippen molar-refractivity contribution in [1.82, 2.24) is 0 Å². The predicted octanol–water partition coefficient (Wildman–Crippen LogP) is 5.83. The molecule has 6 rings (SSSR count). The maximum absolute atomic E-state index is 11.1. The van der Waals surface area contributed by atoms with Crippen LogP contribution in [0.2, 0.25) is 0 Å². The van der Waals surface area contributed by atoms with Gasteiger partial charge in [0.05, 0.1) is 13.2 Å². The minimum absolute atomic E-state index is 0.176. The zero-order chi connectivity index (χ0) is 19.0. The third-order valence-corrected chi connectivity index (χ3v) is 6.93. The van der Waals surface area contributed by atoms with Crippen LogP contribution in [-0.4, -0.2) is 24.5 Å². The van der Waals surface area contributed by atoms with Crippen LogP contribution in [0.15, 0.2) is 17.1 Å². The number of halogens is 2. The van der Waals surface area contributed by atoms with Gasteiger partial charge in [0.25, 0.3) is 0 Å². The fraction of sp³-hybridized carbons (Fsp3) is 0.667. The van der Waals surface area contributed by atoms with Crippen molar-refractivity contribution >= 4 is 23.2 Å². The first-order valence-corrected chi connectivity index (χ1v) is 16.3. The third-order valence-electron chi connectivity index (χ3n) is 6.93. The van der Waals surface area contributed by atoms with Crippen LogP contribution in [0.3, 0.4) is 0 Å². The van der Waals surface area contributed by atoms with Gasteiger partial charge in [0.15, 0.2) is 0 Å². The standard InChI is InChI=1S/C21H27NO2.2ClH.Zr/c1-24-18-7-16(12-22-17-2-3-17)20(23)19(8-18)21-9-13-4-14(10-21)6-15(5-13)11-21;;;/h7-8,12-15,17,23H,2-6,9-11H2,1H3;2*1H;/q;;;+2/p-2. The summed E-state index contributed by atoms with van der Waals surface area (Å²) in [5, 5.41) is 11.1. The SMILES string of the molecule is COc1cc(C=NC2CC2)c(O)c(C23CC4CC(CC(C4)C2)C3)c1.[Cl][Zr][Cl]. The van der Waals surface area contributed by atoms with Crippen molar-refractivity contribution in [2.45, 2.75) is 62.8 Å². The van der Waals surface area contributed by atoms with Gasteiger partial charge in [-0.2, -0.15) is 0 Å². The topological polar surface area (TPSA) is 41.8 Å². The summed E-state index contributed by atoms with van der Waals surface area (Å²) in [6, 6.07) is 4.51. The number of rotatable bonds is 4. The van der Waals surface area contributed by atoms with Crippen LogP contribution in [0.5, 0.6) is 11.5 Å². The molecule has 0 spiro atoms. The molecule has 0 heterocycles. The van der Waals surface area contributed by atoms with Crippen molar-refractivity contribution in [2.24, 2.45) is 22.7 Å². The monoisotopic (exact) mass is 485 g/mol. The molecule has 1 aromatic carbocycles. The maximum atomic E-state index is 11.1.